The highest BCUT2D eigenvalue weighted by Crippen LogP contribution is 2.57. The molecule has 0 radical (unpaired) electrons. The van der Waals surface area contributed by atoms with Crippen molar-refractivity contribution >= 4 is 35.3 Å². The largest absolute Gasteiger partial charge is 0.136 e. The first-order valence-corrected chi connectivity index (χ1v) is 11.7. The van der Waals surface area contributed by atoms with Crippen LogP contribution in [0.1, 0.15) is 11.1 Å². The van der Waals surface area contributed by atoms with Crippen molar-refractivity contribution < 1.29 is 0 Å². The van der Waals surface area contributed by atoms with Crippen molar-refractivity contribution in [1.29, 1.82) is 0 Å². The van der Waals surface area contributed by atoms with Crippen molar-refractivity contribution in [3.8, 4) is 0 Å². The Morgan fingerprint density at radius 3 is 1.41 bits per heavy atom. The molecule has 29 heavy (non-hydrogen) atoms. The van der Waals surface area contributed by atoms with E-state index < -0.39 is 7.26 Å². The Bertz CT molecular complexity index is 1040. The molecule has 0 aliphatic heterocycles. The van der Waals surface area contributed by atoms with Gasteiger partial charge in [-0.15, -0.1) is 0 Å². The molecule has 0 bridgehead atoms. The maximum absolute atomic E-state index is 3.91. The van der Waals surface area contributed by atoms with Gasteiger partial charge in [-0.25, -0.2) is 0 Å². The molecule has 0 unspecified atom stereocenters. The van der Waals surface area contributed by atoms with Crippen LogP contribution in [0.15, 0.2) is 128 Å². The van der Waals surface area contributed by atoms with E-state index >= 15 is 0 Å². The van der Waals surface area contributed by atoms with E-state index in [0.29, 0.717) is 0 Å². The van der Waals surface area contributed by atoms with Crippen LogP contribution < -0.4 is 15.9 Å². The first-order valence-electron chi connectivity index (χ1n) is 9.80. The average Bonchev–Trinajstić information content (AvgIpc) is 2.82. The topological polar surface area (TPSA) is 0 Å². The summed E-state index contributed by atoms with van der Waals surface area (Å²) in [4.78, 5) is 0. The Morgan fingerprint density at radius 2 is 0.931 bits per heavy atom. The van der Waals surface area contributed by atoms with Crippen LogP contribution in [0.4, 0.5) is 0 Å². The van der Waals surface area contributed by atoms with Gasteiger partial charge in [-0.3, -0.25) is 0 Å². The van der Waals surface area contributed by atoms with Crippen molar-refractivity contribution in [2.24, 2.45) is 0 Å². The Kier molecular flexibility index (Phi) is 5.84. The predicted octanol–water partition coefficient (Wildman–Crippen LogP) is 6.29. The maximum Gasteiger partial charge on any atom is 0.136 e. The highest BCUT2D eigenvalue weighted by Gasteiger charge is 2.43. The highest BCUT2D eigenvalue weighted by molar-refractivity contribution is 7.98. The minimum Gasteiger partial charge on any atom is -0.0985 e. The molecule has 0 nitrogen and oxygen atoms in total. The van der Waals surface area contributed by atoms with Gasteiger partial charge in [0.2, 0.25) is 0 Å². The smallest absolute Gasteiger partial charge is 0.0985 e. The van der Waals surface area contributed by atoms with E-state index in [1.54, 1.807) is 0 Å². The molecular weight excluding hydrogens is 367 g/mol. The van der Waals surface area contributed by atoms with Gasteiger partial charge < -0.3 is 0 Å². The third-order valence-electron chi connectivity index (χ3n) is 5.15. The first kappa shape index (κ1) is 19.1. The Morgan fingerprint density at radius 1 is 0.483 bits per heavy atom. The zero-order valence-corrected chi connectivity index (χ0v) is 17.3. The molecule has 0 spiro atoms. The monoisotopic (exact) mass is 391 g/mol. The molecule has 140 valence electrons. The summed E-state index contributed by atoms with van der Waals surface area (Å²) in [6.07, 6.45) is 4.17. The van der Waals surface area contributed by atoms with Crippen molar-refractivity contribution in [3.63, 3.8) is 0 Å². The van der Waals surface area contributed by atoms with Crippen molar-refractivity contribution in [2.45, 2.75) is 0 Å². The van der Waals surface area contributed by atoms with Gasteiger partial charge in [-0.2, -0.15) is 0 Å². The Labute approximate surface area is 174 Å². The molecule has 1 heteroatoms. The number of hydrogen-bond donors (Lipinski definition) is 0. The minimum atomic E-state index is -1.96. The fourth-order valence-corrected chi connectivity index (χ4v) is 7.35. The van der Waals surface area contributed by atoms with Crippen LogP contribution in [0.25, 0.3) is 12.2 Å². The second-order valence-corrected chi connectivity index (χ2v) is 10.2. The molecule has 0 heterocycles. The van der Waals surface area contributed by atoms with E-state index in [1.165, 1.54) is 21.5 Å². The summed E-state index contributed by atoms with van der Waals surface area (Å²) in [5, 5.41) is 4.04. The zero-order chi connectivity index (χ0) is 19.9. The van der Waals surface area contributed by atoms with E-state index in [9.17, 15) is 0 Å². The molecule has 0 aromatic heterocycles. The van der Waals surface area contributed by atoms with Gasteiger partial charge in [0.15, 0.2) is 0 Å². The van der Waals surface area contributed by atoms with E-state index in [0.717, 1.165) is 5.56 Å². The van der Waals surface area contributed by atoms with Gasteiger partial charge in [0.25, 0.3) is 0 Å². The summed E-state index contributed by atoms with van der Waals surface area (Å²) in [6, 6.07) is 41.2. The molecule has 4 rings (SSSR count). The Balaban J connectivity index is 1.99. The molecule has 0 saturated carbocycles. The van der Waals surface area contributed by atoms with Crippen LogP contribution in [0.5, 0.6) is 0 Å². The van der Waals surface area contributed by atoms with Crippen LogP contribution in [0.2, 0.25) is 0 Å². The van der Waals surface area contributed by atoms with Crippen LogP contribution in [-0.2, 0) is 0 Å². The van der Waals surface area contributed by atoms with Gasteiger partial charge in [-0.05, 0) is 53.6 Å². The van der Waals surface area contributed by atoms with Gasteiger partial charge in [0.05, 0.1) is 5.82 Å². The highest BCUT2D eigenvalue weighted by atomic mass is 31.2. The van der Waals surface area contributed by atoms with E-state index in [2.05, 4.69) is 134 Å². The molecule has 0 amide bonds. The molecule has 0 aliphatic rings. The third kappa shape index (κ3) is 3.99. The lowest BCUT2D eigenvalue weighted by Gasteiger charge is -2.24. The molecule has 0 atom stereocenters. The van der Waals surface area contributed by atoms with Crippen molar-refractivity contribution in [1.82, 2.24) is 0 Å². The van der Waals surface area contributed by atoms with Crippen molar-refractivity contribution in [2.75, 3.05) is 0 Å². The fourth-order valence-electron chi connectivity index (χ4n) is 3.64. The van der Waals surface area contributed by atoms with Gasteiger partial charge in [0.1, 0.15) is 23.2 Å². The number of rotatable bonds is 6. The standard InChI is InChI=1S/C28H24P/c1-2-24-18-20-28(21-19-24)29(26-14-8-4-9-15-26,27-16-10-5-11-17-27)23-22-25-12-6-3-7-13-25/h2-23H,1H2/q+1. The quantitative estimate of drug-likeness (QED) is 0.339. The predicted molar refractivity (Wildman–Crippen MR) is 131 cm³/mol. The summed E-state index contributed by atoms with van der Waals surface area (Å²) in [5.41, 5.74) is 2.35. The summed E-state index contributed by atoms with van der Waals surface area (Å²) >= 11 is 0. The van der Waals surface area contributed by atoms with Crippen molar-refractivity contribution in [3.05, 3.63) is 139 Å². The first-order chi connectivity index (χ1) is 14.3. The summed E-state index contributed by atoms with van der Waals surface area (Å²) in [7, 11) is -1.96. The van der Waals surface area contributed by atoms with E-state index in [1.807, 2.05) is 6.08 Å². The molecule has 4 aromatic rings. The molecular formula is C28H24P+. The lowest BCUT2D eigenvalue weighted by Crippen LogP contribution is -2.29. The second kappa shape index (κ2) is 8.86. The molecule has 0 fully saturated rings. The van der Waals surface area contributed by atoms with Gasteiger partial charge >= 0.3 is 0 Å². The van der Waals surface area contributed by atoms with Gasteiger partial charge in [0, 0.05) is 0 Å². The summed E-state index contributed by atoms with van der Waals surface area (Å²) in [5.74, 6) is 2.44. The molecule has 0 aliphatic carbocycles. The third-order valence-corrected chi connectivity index (χ3v) is 9.09. The van der Waals surface area contributed by atoms with E-state index in [4.69, 9.17) is 0 Å². The number of benzene rings is 4. The normalized spacial score (nSPS) is 11.4. The molecule has 0 saturated heterocycles. The van der Waals surface area contributed by atoms with Crippen LogP contribution in [-0.4, -0.2) is 0 Å². The maximum atomic E-state index is 3.91. The minimum absolute atomic E-state index is 1.14. The van der Waals surface area contributed by atoms with Crippen LogP contribution in [0.3, 0.4) is 0 Å². The Hall–Kier alpha value is -3.21. The van der Waals surface area contributed by atoms with Gasteiger partial charge in [-0.1, -0.05) is 91.5 Å². The molecule has 0 N–H and O–H groups in total. The SMILES string of the molecule is C=Cc1ccc([P+](C=Cc2ccccc2)(c2ccccc2)c2ccccc2)cc1. The second-order valence-electron chi connectivity index (χ2n) is 6.92. The average molecular weight is 391 g/mol. The molecule has 4 aromatic carbocycles. The summed E-state index contributed by atoms with van der Waals surface area (Å²) < 4.78 is 0. The number of hydrogen-bond acceptors (Lipinski definition) is 0. The summed E-state index contributed by atoms with van der Waals surface area (Å²) in [6.45, 7) is 3.91. The van der Waals surface area contributed by atoms with E-state index in [-0.39, 0.29) is 0 Å². The van der Waals surface area contributed by atoms with Crippen LogP contribution >= 0.6 is 7.26 Å². The fraction of sp³-hybridized carbons (Fsp3) is 0. The zero-order valence-electron chi connectivity index (χ0n) is 16.4. The lowest BCUT2D eigenvalue weighted by molar-refractivity contribution is 1.66. The lowest BCUT2D eigenvalue weighted by atomic mass is 10.2. The van der Waals surface area contributed by atoms with Crippen LogP contribution in [0, 0.1) is 0 Å².